The number of nitrogens with two attached hydrogens (primary N) is 1. The van der Waals surface area contributed by atoms with Crippen molar-refractivity contribution in [1.29, 1.82) is 5.26 Å². The van der Waals surface area contributed by atoms with Gasteiger partial charge in [0, 0.05) is 34.0 Å². The first kappa shape index (κ1) is 20.5. The molecule has 0 fully saturated rings. The van der Waals surface area contributed by atoms with E-state index >= 15 is 0 Å². The molecule has 7 heteroatoms. The Bertz CT molecular complexity index is 984. The highest BCUT2D eigenvalue weighted by atomic mass is 16.5. The van der Waals surface area contributed by atoms with Gasteiger partial charge in [-0.1, -0.05) is 13.0 Å². The van der Waals surface area contributed by atoms with Crippen molar-refractivity contribution in [2.24, 2.45) is 16.6 Å². The number of carbonyl (C=O) groups excluding carboxylic acids is 1. The van der Waals surface area contributed by atoms with Crippen molar-refractivity contribution < 1.29 is 14.3 Å². The fraction of sp³-hybridized carbons (Fsp3) is 0.409. The summed E-state index contributed by atoms with van der Waals surface area (Å²) in [6.07, 6.45) is 0. The third-order valence-corrected chi connectivity index (χ3v) is 5.54. The number of benzene rings is 1. The van der Waals surface area contributed by atoms with Gasteiger partial charge in [0.1, 0.15) is 5.75 Å². The van der Waals surface area contributed by atoms with E-state index in [1.165, 1.54) is 0 Å². The fourth-order valence-electron chi connectivity index (χ4n) is 3.97. The smallest absolute Gasteiger partial charge is 0.247 e. The van der Waals surface area contributed by atoms with Crippen LogP contribution in [-0.4, -0.2) is 31.6 Å². The topological polar surface area (TPSA) is 110 Å². The van der Waals surface area contributed by atoms with E-state index in [2.05, 4.69) is 18.3 Å². The maximum absolute atomic E-state index is 12.5. The van der Waals surface area contributed by atoms with Gasteiger partial charge < -0.3 is 20.5 Å². The van der Waals surface area contributed by atoms with Gasteiger partial charge in [0.25, 0.3) is 0 Å². The molecule has 2 aliphatic heterocycles. The number of aliphatic imine (C=N–C) groups is 1. The van der Waals surface area contributed by atoms with Crippen molar-refractivity contribution >= 4 is 11.8 Å². The van der Waals surface area contributed by atoms with E-state index in [-0.39, 0.29) is 12.0 Å². The van der Waals surface area contributed by atoms with Crippen LogP contribution in [0.1, 0.15) is 44.7 Å². The zero-order chi connectivity index (χ0) is 21.3. The molecule has 0 spiro atoms. The van der Waals surface area contributed by atoms with Gasteiger partial charge in [0.15, 0.2) is 0 Å². The zero-order valence-corrected chi connectivity index (χ0v) is 17.4. The summed E-state index contributed by atoms with van der Waals surface area (Å²) >= 11 is 0. The number of hydrogen-bond donors (Lipinski definition) is 2. The van der Waals surface area contributed by atoms with Crippen molar-refractivity contribution in [3.05, 3.63) is 51.9 Å². The van der Waals surface area contributed by atoms with Crippen LogP contribution in [0.2, 0.25) is 0 Å². The molecule has 152 valence electrons. The van der Waals surface area contributed by atoms with E-state index in [9.17, 15) is 10.1 Å². The molecule has 2 aliphatic rings. The summed E-state index contributed by atoms with van der Waals surface area (Å²) in [5.74, 6) is 0.0805. The standard InChI is InChI=1S/C22H26N4O3/c1-6-29-22-19-18(15-8-7-14(10-23)9-16(15)28-5)17(21(24)27)13(4)25-20(19)11(2)12(3)26-22/h7-9,11-12,18,25H,6H2,1-5H3,(H2,24,27). The average Bonchev–Trinajstić information content (AvgIpc) is 2.70. The van der Waals surface area contributed by atoms with Crippen LogP contribution in [0.25, 0.3) is 0 Å². The number of nitriles is 1. The molecule has 0 aliphatic carbocycles. The Morgan fingerprint density at radius 1 is 1.38 bits per heavy atom. The van der Waals surface area contributed by atoms with Crippen LogP contribution in [-0.2, 0) is 9.53 Å². The number of ether oxygens (including phenoxy) is 2. The lowest BCUT2D eigenvalue weighted by Gasteiger charge is -2.38. The number of methoxy groups -OCH3 is 1. The number of nitrogens with zero attached hydrogens (tertiary/aromatic N) is 2. The Morgan fingerprint density at radius 3 is 2.69 bits per heavy atom. The van der Waals surface area contributed by atoms with Gasteiger partial charge in [0.2, 0.25) is 11.8 Å². The molecule has 29 heavy (non-hydrogen) atoms. The summed E-state index contributed by atoms with van der Waals surface area (Å²) in [6.45, 7) is 8.32. The Labute approximate surface area is 170 Å². The molecule has 2 heterocycles. The van der Waals surface area contributed by atoms with Crippen molar-refractivity contribution in [2.75, 3.05) is 13.7 Å². The number of amides is 1. The van der Waals surface area contributed by atoms with Gasteiger partial charge in [0.05, 0.1) is 37.3 Å². The first-order chi connectivity index (χ1) is 13.8. The summed E-state index contributed by atoms with van der Waals surface area (Å²) < 4.78 is 11.5. The van der Waals surface area contributed by atoms with Gasteiger partial charge in [-0.05, 0) is 32.9 Å². The number of dihydropyridines is 2. The Morgan fingerprint density at radius 2 is 2.10 bits per heavy atom. The highest BCUT2D eigenvalue weighted by molar-refractivity contribution is 6.04. The third kappa shape index (κ3) is 3.46. The lowest BCUT2D eigenvalue weighted by atomic mass is 9.75. The minimum absolute atomic E-state index is 0.0224. The monoisotopic (exact) mass is 394 g/mol. The number of allylic oxidation sites excluding steroid dienone is 1. The quantitative estimate of drug-likeness (QED) is 0.816. The van der Waals surface area contributed by atoms with Crippen LogP contribution in [0.5, 0.6) is 5.75 Å². The van der Waals surface area contributed by atoms with Gasteiger partial charge in [-0.3, -0.25) is 4.79 Å². The van der Waals surface area contributed by atoms with Crippen molar-refractivity contribution in [3.8, 4) is 11.8 Å². The van der Waals surface area contributed by atoms with Gasteiger partial charge in [-0.25, -0.2) is 4.99 Å². The molecule has 0 radical (unpaired) electrons. The highest BCUT2D eigenvalue weighted by Gasteiger charge is 2.42. The van der Waals surface area contributed by atoms with Crippen molar-refractivity contribution in [3.63, 3.8) is 0 Å². The fourth-order valence-corrected chi connectivity index (χ4v) is 3.97. The first-order valence-corrected chi connectivity index (χ1v) is 9.64. The molecule has 3 unspecified atom stereocenters. The summed E-state index contributed by atoms with van der Waals surface area (Å²) in [5.41, 5.74) is 9.90. The second kappa shape index (κ2) is 8.00. The molecule has 1 amide bonds. The predicted molar refractivity (Wildman–Crippen MR) is 110 cm³/mol. The van der Waals surface area contributed by atoms with Crippen LogP contribution in [0, 0.1) is 17.2 Å². The lowest BCUT2D eigenvalue weighted by Crippen LogP contribution is -2.41. The van der Waals surface area contributed by atoms with Gasteiger partial charge in [-0.2, -0.15) is 5.26 Å². The average molecular weight is 394 g/mol. The highest BCUT2D eigenvalue weighted by Crippen LogP contribution is 2.45. The van der Waals surface area contributed by atoms with E-state index in [0.717, 1.165) is 16.8 Å². The Kier molecular flexibility index (Phi) is 5.64. The van der Waals surface area contributed by atoms with E-state index in [0.29, 0.717) is 35.1 Å². The van der Waals surface area contributed by atoms with E-state index in [1.807, 2.05) is 20.8 Å². The maximum atomic E-state index is 12.5. The minimum Gasteiger partial charge on any atom is -0.496 e. The molecule has 1 aromatic rings. The van der Waals surface area contributed by atoms with Crippen molar-refractivity contribution in [2.45, 2.75) is 39.7 Å². The summed E-state index contributed by atoms with van der Waals surface area (Å²) in [5, 5.41) is 12.6. The molecular formula is C22H26N4O3. The van der Waals surface area contributed by atoms with Crippen LogP contribution in [0.15, 0.2) is 45.7 Å². The van der Waals surface area contributed by atoms with Crippen LogP contribution < -0.4 is 15.8 Å². The zero-order valence-electron chi connectivity index (χ0n) is 17.4. The number of hydrogen-bond acceptors (Lipinski definition) is 6. The molecule has 3 N–H and O–H groups in total. The lowest BCUT2D eigenvalue weighted by molar-refractivity contribution is -0.114. The minimum atomic E-state index is -0.528. The Hall–Kier alpha value is -3.27. The molecule has 3 atom stereocenters. The second-order valence-electron chi connectivity index (χ2n) is 7.25. The molecule has 0 bridgehead atoms. The number of carbonyl (C=O) groups is 1. The molecule has 0 saturated carbocycles. The number of rotatable bonds is 4. The molecular weight excluding hydrogens is 368 g/mol. The van der Waals surface area contributed by atoms with Crippen LogP contribution in [0.3, 0.4) is 0 Å². The summed E-state index contributed by atoms with van der Waals surface area (Å²) in [7, 11) is 1.54. The van der Waals surface area contributed by atoms with E-state index < -0.39 is 11.8 Å². The van der Waals surface area contributed by atoms with Gasteiger partial charge >= 0.3 is 0 Å². The molecule has 3 rings (SSSR count). The van der Waals surface area contributed by atoms with Crippen molar-refractivity contribution in [1.82, 2.24) is 5.32 Å². The number of primary amides is 1. The van der Waals surface area contributed by atoms with E-state index in [4.69, 9.17) is 20.2 Å². The Balaban J connectivity index is 2.31. The normalized spacial score (nSPS) is 23.6. The van der Waals surface area contributed by atoms with Crippen LogP contribution in [0.4, 0.5) is 0 Å². The summed E-state index contributed by atoms with van der Waals surface area (Å²) in [4.78, 5) is 17.2. The molecule has 7 nitrogen and oxygen atoms in total. The van der Waals surface area contributed by atoms with Gasteiger partial charge in [-0.15, -0.1) is 0 Å². The SMILES string of the molecule is CCOC1=NC(C)C(C)C2=C1C(c1ccc(C#N)cc1OC)C(C(N)=O)=C(C)N2. The molecule has 0 saturated heterocycles. The second-order valence-corrected chi connectivity index (χ2v) is 7.25. The third-order valence-electron chi connectivity index (χ3n) is 5.54. The summed E-state index contributed by atoms with van der Waals surface area (Å²) in [6, 6.07) is 7.32. The molecule has 0 aromatic heterocycles. The van der Waals surface area contributed by atoms with E-state index in [1.54, 1.807) is 25.3 Å². The molecule has 1 aromatic carbocycles. The number of nitrogens with one attached hydrogen (secondary N) is 1. The predicted octanol–water partition coefficient (Wildman–Crippen LogP) is 2.74. The maximum Gasteiger partial charge on any atom is 0.247 e. The largest absolute Gasteiger partial charge is 0.496 e. The first-order valence-electron chi connectivity index (χ1n) is 9.64. The van der Waals surface area contributed by atoms with Crippen LogP contribution >= 0.6 is 0 Å².